The molecule has 0 aliphatic heterocycles. The van der Waals surface area contributed by atoms with Gasteiger partial charge in [0.15, 0.2) is 0 Å². The van der Waals surface area contributed by atoms with Crippen LogP contribution in [-0.2, 0) is 4.79 Å². The maximum Gasteiger partial charge on any atom is 0.244 e. The van der Waals surface area contributed by atoms with Gasteiger partial charge in [0.2, 0.25) is 5.91 Å². The minimum Gasteiger partial charge on any atom is -0.506 e. The van der Waals surface area contributed by atoms with E-state index in [0.29, 0.717) is 16.3 Å². The Labute approximate surface area is 126 Å². The van der Waals surface area contributed by atoms with Crippen molar-refractivity contribution in [2.45, 2.75) is 6.04 Å². The number of hydrogen-bond donors (Lipinski definition) is 3. The Morgan fingerprint density at radius 1 is 1.15 bits per heavy atom. The summed E-state index contributed by atoms with van der Waals surface area (Å²) in [5.41, 5.74) is 6.53. The largest absolute Gasteiger partial charge is 0.506 e. The molecule has 4 N–H and O–H groups in total. The van der Waals surface area contributed by atoms with Gasteiger partial charge in [-0.2, -0.15) is 0 Å². The topological polar surface area (TPSA) is 75.4 Å². The van der Waals surface area contributed by atoms with Crippen molar-refractivity contribution in [3.05, 3.63) is 58.1 Å². The van der Waals surface area contributed by atoms with Gasteiger partial charge in [0.25, 0.3) is 0 Å². The van der Waals surface area contributed by atoms with Gasteiger partial charge < -0.3 is 16.2 Å². The number of anilines is 1. The maximum atomic E-state index is 11.6. The van der Waals surface area contributed by atoms with E-state index < -0.39 is 11.9 Å². The lowest BCUT2D eigenvalue weighted by Gasteiger charge is -2.18. The number of hydrogen-bond acceptors (Lipinski definition) is 3. The third kappa shape index (κ3) is 3.15. The zero-order valence-corrected chi connectivity index (χ0v) is 11.8. The Kier molecular flexibility index (Phi) is 4.37. The van der Waals surface area contributed by atoms with E-state index in [-0.39, 0.29) is 10.8 Å². The lowest BCUT2D eigenvalue weighted by molar-refractivity contribution is -0.118. The number of rotatable bonds is 4. The van der Waals surface area contributed by atoms with Crippen molar-refractivity contribution >= 4 is 34.8 Å². The predicted molar refractivity (Wildman–Crippen MR) is 80.1 cm³/mol. The molecule has 4 nitrogen and oxygen atoms in total. The quantitative estimate of drug-likeness (QED) is 0.810. The van der Waals surface area contributed by atoms with Crippen molar-refractivity contribution in [3.8, 4) is 5.75 Å². The van der Waals surface area contributed by atoms with Crippen LogP contribution >= 0.6 is 23.2 Å². The zero-order valence-electron chi connectivity index (χ0n) is 10.3. The summed E-state index contributed by atoms with van der Waals surface area (Å²) in [4.78, 5) is 11.6. The fourth-order valence-electron chi connectivity index (χ4n) is 1.76. The summed E-state index contributed by atoms with van der Waals surface area (Å²) in [5, 5.41) is 13.0. The molecule has 0 aliphatic rings. The molecular formula is C14H12Cl2N2O2. The number of phenols is 1. The first-order valence-corrected chi connectivity index (χ1v) is 6.53. The summed E-state index contributed by atoms with van der Waals surface area (Å²) in [5.74, 6) is -0.636. The molecule has 0 saturated carbocycles. The molecule has 0 bridgehead atoms. The fourth-order valence-corrected chi connectivity index (χ4v) is 2.13. The number of carbonyl (C=O) groups excluding carboxylic acids is 1. The second-order valence-electron chi connectivity index (χ2n) is 4.17. The molecule has 0 aliphatic carbocycles. The minimum absolute atomic E-state index is 0.0589. The van der Waals surface area contributed by atoms with Gasteiger partial charge in [0.1, 0.15) is 11.8 Å². The monoisotopic (exact) mass is 310 g/mol. The number of phenolic OH excluding ortho intramolecular Hbond substituents is 1. The van der Waals surface area contributed by atoms with E-state index in [1.54, 1.807) is 30.3 Å². The smallest absolute Gasteiger partial charge is 0.244 e. The molecule has 0 aromatic heterocycles. The number of primary amides is 1. The summed E-state index contributed by atoms with van der Waals surface area (Å²) in [6, 6.07) is 10.7. The number of carbonyl (C=O) groups is 1. The average molecular weight is 311 g/mol. The van der Waals surface area contributed by atoms with Crippen LogP contribution in [0.25, 0.3) is 0 Å². The molecule has 2 aromatic carbocycles. The highest BCUT2D eigenvalue weighted by atomic mass is 35.5. The van der Waals surface area contributed by atoms with E-state index in [1.807, 2.05) is 0 Å². The highest BCUT2D eigenvalue weighted by Crippen LogP contribution is 2.30. The van der Waals surface area contributed by atoms with Crippen LogP contribution in [0.3, 0.4) is 0 Å². The Hall–Kier alpha value is -1.91. The first-order valence-electron chi connectivity index (χ1n) is 5.78. The highest BCUT2D eigenvalue weighted by molar-refractivity contribution is 6.33. The first kappa shape index (κ1) is 14.5. The number of benzene rings is 2. The summed E-state index contributed by atoms with van der Waals surface area (Å²) in [7, 11) is 0. The second-order valence-corrected chi connectivity index (χ2v) is 4.98. The summed E-state index contributed by atoms with van der Waals surface area (Å²) in [6.07, 6.45) is 0. The molecule has 2 rings (SSSR count). The normalized spacial score (nSPS) is 11.9. The van der Waals surface area contributed by atoms with Crippen LogP contribution in [0.2, 0.25) is 10.0 Å². The summed E-state index contributed by atoms with van der Waals surface area (Å²) < 4.78 is 0. The van der Waals surface area contributed by atoms with Gasteiger partial charge in [-0.05, 0) is 29.8 Å². The molecule has 104 valence electrons. The Balaban J connectivity index is 2.34. The van der Waals surface area contributed by atoms with E-state index in [2.05, 4.69) is 5.32 Å². The van der Waals surface area contributed by atoms with E-state index in [1.165, 1.54) is 12.1 Å². The van der Waals surface area contributed by atoms with Gasteiger partial charge in [-0.1, -0.05) is 41.4 Å². The molecule has 20 heavy (non-hydrogen) atoms. The van der Waals surface area contributed by atoms with Gasteiger partial charge in [-0.3, -0.25) is 4.79 Å². The summed E-state index contributed by atoms with van der Waals surface area (Å²) in [6.45, 7) is 0. The SMILES string of the molecule is NC(=O)C(Nc1ccccc1Cl)c1ccc(O)c(Cl)c1. The molecule has 0 radical (unpaired) electrons. The van der Waals surface area contributed by atoms with Crippen molar-refractivity contribution in [3.63, 3.8) is 0 Å². The van der Waals surface area contributed by atoms with Crippen molar-refractivity contribution in [2.75, 3.05) is 5.32 Å². The second kappa shape index (κ2) is 6.03. The molecule has 1 atom stereocenters. The lowest BCUT2D eigenvalue weighted by atomic mass is 10.1. The molecular weight excluding hydrogens is 299 g/mol. The third-order valence-corrected chi connectivity index (χ3v) is 3.40. The van der Waals surface area contributed by atoms with Crippen molar-refractivity contribution < 1.29 is 9.90 Å². The third-order valence-electron chi connectivity index (χ3n) is 2.76. The van der Waals surface area contributed by atoms with E-state index in [9.17, 15) is 9.90 Å². The van der Waals surface area contributed by atoms with E-state index >= 15 is 0 Å². The molecule has 0 heterocycles. The Bertz CT molecular complexity index is 647. The number of nitrogens with two attached hydrogens (primary N) is 1. The van der Waals surface area contributed by atoms with Gasteiger partial charge >= 0.3 is 0 Å². The molecule has 0 fully saturated rings. The van der Waals surface area contributed by atoms with Crippen LogP contribution in [0.4, 0.5) is 5.69 Å². The van der Waals surface area contributed by atoms with Crippen LogP contribution in [0.15, 0.2) is 42.5 Å². The number of para-hydroxylation sites is 1. The number of aromatic hydroxyl groups is 1. The highest BCUT2D eigenvalue weighted by Gasteiger charge is 2.19. The maximum absolute atomic E-state index is 11.6. The van der Waals surface area contributed by atoms with Crippen LogP contribution < -0.4 is 11.1 Å². The van der Waals surface area contributed by atoms with Gasteiger partial charge in [0, 0.05) is 0 Å². The first-order chi connectivity index (χ1) is 9.49. The Morgan fingerprint density at radius 3 is 2.45 bits per heavy atom. The number of amides is 1. The average Bonchev–Trinajstić information content (AvgIpc) is 2.41. The van der Waals surface area contributed by atoms with Crippen LogP contribution in [-0.4, -0.2) is 11.0 Å². The Morgan fingerprint density at radius 2 is 1.85 bits per heavy atom. The zero-order chi connectivity index (χ0) is 14.7. The molecule has 6 heteroatoms. The number of halogens is 2. The van der Waals surface area contributed by atoms with Gasteiger partial charge in [-0.25, -0.2) is 0 Å². The van der Waals surface area contributed by atoms with Crippen molar-refractivity contribution in [2.24, 2.45) is 5.73 Å². The minimum atomic E-state index is -0.798. The molecule has 0 spiro atoms. The van der Waals surface area contributed by atoms with E-state index in [0.717, 1.165) is 0 Å². The van der Waals surface area contributed by atoms with Crippen molar-refractivity contribution in [1.82, 2.24) is 0 Å². The van der Waals surface area contributed by atoms with Crippen LogP contribution in [0.5, 0.6) is 5.75 Å². The molecule has 2 aromatic rings. The molecule has 1 amide bonds. The molecule has 1 unspecified atom stereocenters. The van der Waals surface area contributed by atoms with Gasteiger partial charge in [0.05, 0.1) is 15.7 Å². The molecule has 0 saturated heterocycles. The van der Waals surface area contributed by atoms with E-state index in [4.69, 9.17) is 28.9 Å². The summed E-state index contributed by atoms with van der Waals surface area (Å²) >= 11 is 11.9. The fraction of sp³-hybridized carbons (Fsp3) is 0.0714. The van der Waals surface area contributed by atoms with Gasteiger partial charge in [-0.15, -0.1) is 0 Å². The van der Waals surface area contributed by atoms with Crippen molar-refractivity contribution in [1.29, 1.82) is 0 Å². The standard InChI is InChI=1S/C14H12Cl2N2O2/c15-9-3-1-2-4-11(9)18-13(14(17)20)8-5-6-12(19)10(16)7-8/h1-7,13,18-19H,(H2,17,20). The lowest BCUT2D eigenvalue weighted by Crippen LogP contribution is -2.27. The predicted octanol–water partition coefficient (Wildman–Crippen LogP) is 3.34. The number of nitrogens with one attached hydrogen (secondary N) is 1. The van der Waals surface area contributed by atoms with Crippen LogP contribution in [0.1, 0.15) is 11.6 Å². The van der Waals surface area contributed by atoms with Crippen LogP contribution in [0, 0.1) is 0 Å².